The van der Waals surface area contributed by atoms with Crippen molar-refractivity contribution >= 4 is 22.1 Å². The maximum absolute atomic E-state index is 4.39. The largest absolute Gasteiger partial charge is 0.255 e. The molecule has 0 unspecified atom stereocenters. The van der Waals surface area contributed by atoms with Gasteiger partial charge in [0.05, 0.1) is 22.7 Å². The van der Waals surface area contributed by atoms with E-state index in [-0.39, 0.29) is 0 Å². The van der Waals surface area contributed by atoms with Crippen molar-refractivity contribution in [3.05, 3.63) is 36.9 Å². The van der Waals surface area contributed by atoms with Crippen LogP contribution < -0.4 is 0 Å². The maximum atomic E-state index is 4.39. The summed E-state index contributed by atoms with van der Waals surface area (Å²) in [7, 11) is 0. The van der Waals surface area contributed by atoms with Crippen LogP contribution in [-0.2, 0) is 0 Å². The Balaban J connectivity index is 2.52. The first-order chi connectivity index (χ1) is 6.93. The minimum absolute atomic E-state index is 0.799. The first-order valence-electron chi connectivity index (χ1n) is 4.25. The Morgan fingerprint density at radius 3 is 2.86 bits per heavy atom. The van der Waals surface area contributed by atoms with Gasteiger partial charge in [-0.25, -0.2) is 15.0 Å². The Morgan fingerprint density at radius 1 is 0.929 bits per heavy atom. The summed E-state index contributed by atoms with van der Waals surface area (Å²) in [6.45, 7) is 0. The average Bonchev–Trinajstić information content (AvgIpc) is 2.26. The number of rotatable bonds is 0. The van der Waals surface area contributed by atoms with Gasteiger partial charge in [0.1, 0.15) is 11.8 Å². The van der Waals surface area contributed by atoms with Crippen LogP contribution in [0.1, 0.15) is 0 Å². The third kappa shape index (κ3) is 1.01. The van der Waals surface area contributed by atoms with Gasteiger partial charge in [-0.05, 0) is 18.2 Å². The van der Waals surface area contributed by atoms with Gasteiger partial charge in [0.25, 0.3) is 0 Å². The zero-order chi connectivity index (χ0) is 9.38. The van der Waals surface area contributed by atoms with E-state index in [4.69, 9.17) is 0 Å². The summed E-state index contributed by atoms with van der Waals surface area (Å²) in [6.07, 6.45) is 4.96. The molecule has 0 aliphatic rings. The zero-order valence-electron chi connectivity index (χ0n) is 7.25. The summed E-state index contributed by atoms with van der Waals surface area (Å²) in [6, 6.07) is 5.71. The molecule has 3 aromatic heterocycles. The Morgan fingerprint density at radius 2 is 1.86 bits per heavy atom. The van der Waals surface area contributed by atoms with Crippen LogP contribution in [0.5, 0.6) is 0 Å². The Labute approximate surface area is 79.7 Å². The van der Waals surface area contributed by atoms with E-state index in [0.29, 0.717) is 0 Å². The summed E-state index contributed by atoms with van der Waals surface area (Å²) in [5.74, 6) is 0. The molecule has 0 aromatic carbocycles. The zero-order valence-corrected chi connectivity index (χ0v) is 7.25. The number of aromatic nitrogens is 4. The molecule has 14 heavy (non-hydrogen) atoms. The fourth-order valence-corrected chi connectivity index (χ4v) is 1.40. The topological polar surface area (TPSA) is 51.6 Å². The second-order valence-electron chi connectivity index (χ2n) is 2.96. The van der Waals surface area contributed by atoms with Gasteiger partial charge in [-0.15, -0.1) is 0 Å². The van der Waals surface area contributed by atoms with Crippen LogP contribution >= 0.6 is 0 Å². The molecule has 4 nitrogen and oxygen atoms in total. The lowest BCUT2D eigenvalue weighted by Gasteiger charge is -1.97. The number of nitrogens with zero attached hydrogens (tertiary/aromatic N) is 4. The minimum Gasteiger partial charge on any atom is -0.255 e. The average molecular weight is 182 g/mol. The SMILES string of the molecule is c1cnc2cc3ncncc3nc2c1. The Hall–Kier alpha value is -2.10. The van der Waals surface area contributed by atoms with Gasteiger partial charge in [-0.3, -0.25) is 4.98 Å². The second-order valence-corrected chi connectivity index (χ2v) is 2.96. The highest BCUT2D eigenvalue weighted by molar-refractivity contribution is 5.87. The van der Waals surface area contributed by atoms with Crippen molar-refractivity contribution in [1.82, 2.24) is 19.9 Å². The molecular formula is C10H6N4. The molecule has 0 saturated carbocycles. The first-order valence-corrected chi connectivity index (χ1v) is 4.25. The summed E-state index contributed by atoms with van der Waals surface area (Å²) in [5.41, 5.74) is 3.35. The second kappa shape index (κ2) is 2.70. The Bertz CT molecular complexity index is 501. The van der Waals surface area contributed by atoms with E-state index in [1.54, 1.807) is 12.4 Å². The third-order valence-electron chi connectivity index (χ3n) is 2.05. The number of pyridine rings is 2. The standard InChI is InChI=1S/C10H6N4/c1-2-7-8(12-3-1)4-9-10(14-7)5-11-6-13-9/h1-6H. The number of hydrogen-bond donors (Lipinski definition) is 0. The van der Waals surface area contributed by atoms with Gasteiger partial charge in [0, 0.05) is 6.20 Å². The lowest BCUT2D eigenvalue weighted by Crippen LogP contribution is -1.87. The maximum Gasteiger partial charge on any atom is 0.116 e. The molecular weight excluding hydrogens is 176 g/mol. The molecule has 3 rings (SSSR count). The Kier molecular flexibility index (Phi) is 1.41. The van der Waals surface area contributed by atoms with Gasteiger partial charge >= 0.3 is 0 Å². The van der Waals surface area contributed by atoms with E-state index in [1.165, 1.54) is 6.33 Å². The number of hydrogen-bond acceptors (Lipinski definition) is 4. The lowest BCUT2D eigenvalue weighted by atomic mass is 10.3. The highest BCUT2D eigenvalue weighted by Crippen LogP contribution is 2.14. The van der Waals surface area contributed by atoms with Crippen molar-refractivity contribution in [2.75, 3.05) is 0 Å². The van der Waals surface area contributed by atoms with Crippen molar-refractivity contribution in [3.63, 3.8) is 0 Å². The minimum atomic E-state index is 0.799. The molecule has 0 amide bonds. The molecule has 66 valence electrons. The van der Waals surface area contributed by atoms with E-state index in [0.717, 1.165) is 22.1 Å². The molecule has 3 heterocycles. The van der Waals surface area contributed by atoms with Gasteiger partial charge in [0.15, 0.2) is 0 Å². The lowest BCUT2D eigenvalue weighted by molar-refractivity contribution is 1.20. The molecule has 0 aliphatic carbocycles. The van der Waals surface area contributed by atoms with Crippen molar-refractivity contribution in [2.24, 2.45) is 0 Å². The first kappa shape index (κ1) is 7.32. The van der Waals surface area contributed by atoms with Crippen molar-refractivity contribution in [2.45, 2.75) is 0 Å². The van der Waals surface area contributed by atoms with E-state index >= 15 is 0 Å². The fraction of sp³-hybridized carbons (Fsp3) is 0. The molecule has 0 N–H and O–H groups in total. The van der Waals surface area contributed by atoms with Crippen LogP contribution in [0.4, 0.5) is 0 Å². The van der Waals surface area contributed by atoms with Gasteiger partial charge in [0.2, 0.25) is 0 Å². The molecule has 0 spiro atoms. The summed E-state index contributed by atoms with van der Waals surface area (Å²) in [4.78, 5) is 16.6. The van der Waals surface area contributed by atoms with E-state index in [9.17, 15) is 0 Å². The van der Waals surface area contributed by atoms with E-state index < -0.39 is 0 Å². The predicted octanol–water partition coefficient (Wildman–Crippen LogP) is 1.57. The van der Waals surface area contributed by atoms with Crippen molar-refractivity contribution in [1.29, 1.82) is 0 Å². The molecule has 0 atom stereocenters. The smallest absolute Gasteiger partial charge is 0.116 e. The van der Waals surface area contributed by atoms with Crippen molar-refractivity contribution in [3.8, 4) is 0 Å². The van der Waals surface area contributed by atoms with E-state index in [1.807, 2.05) is 18.2 Å². The third-order valence-corrected chi connectivity index (χ3v) is 2.05. The molecule has 4 heteroatoms. The molecule has 3 aromatic rings. The van der Waals surface area contributed by atoms with Crippen LogP contribution in [0.3, 0.4) is 0 Å². The normalized spacial score (nSPS) is 10.9. The van der Waals surface area contributed by atoms with Crippen molar-refractivity contribution < 1.29 is 0 Å². The summed E-state index contributed by atoms with van der Waals surface area (Å²) >= 11 is 0. The highest BCUT2D eigenvalue weighted by atomic mass is 14.9. The predicted molar refractivity (Wildman–Crippen MR) is 52.6 cm³/mol. The number of fused-ring (bicyclic) bond motifs is 2. The highest BCUT2D eigenvalue weighted by Gasteiger charge is 1.99. The van der Waals surface area contributed by atoms with Gasteiger partial charge in [-0.2, -0.15) is 0 Å². The van der Waals surface area contributed by atoms with Crippen LogP contribution in [0.2, 0.25) is 0 Å². The van der Waals surface area contributed by atoms with Crippen LogP contribution in [-0.4, -0.2) is 19.9 Å². The quantitative estimate of drug-likeness (QED) is 0.495. The van der Waals surface area contributed by atoms with Crippen LogP contribution in [0, 0.1) is 0 Å². The van der Waals surface area contributed by atoms with Crippen LogP contribution in [0.15, 0.2) is 36.9 Å². The summed E-state index contributed by atoms with van der Waals surface area (Å²) < 4.78 is 0. The molecule has 0 bridgehead atoms. The molecule has 0 saturated heterocycles. The molecule has 0 aliphatic heterocycles. The fourth-order valence-electron chi connectivity index (χ4n) is 1.40. The van der Waals surface area contributed by atoms with Crippen LogP contribution in [0.25, 0.3) is 22.1 Å². The molecule has 0 fully saturated rings. The van der Waals surface area contributed by atoms with Gasteiger partial charge in [-0.1, -0.05) is 0 Å². The molecule has 0 radical (unpaired) electrons. The summed E-state index contributed by atoms with van der Waals surface area (Å²) in [5, 5.41) is 0. The van der Waals surface area contributed by atoms with Gasteiger partial charge < -0.3 is 0 Å². The monoisotopic (exact) mass is 182 g/mol. The van der Waals surface area contributed by atoms with E-state index in [2.05, 4.69) is 19.9 Å².